The molecule has 0 aliphatic heterocycles. The van der Waals surface area contributed by atoms with Gasteiger partial charge in [0.25, 0.3) is 5.60 Å². The zero-order chi connectivity index (χ0) is 20.5. The standard InChI is InChI=1S/C22H25NO5/c1-13(2)11-19(23)22(27,20(24)25)21(26)28-12-18-16-9-5-3-7-14(16)15-8-4-6-10-17(15)18/h3-10,13,18-19,27H,11-12,23H2,1-2H3,(H,24,25)/t19-,22-/m1/s1. The van der Waals surface area contributed by atoms with Crippen LogP contribution in [0.2, 0.25) is 0 Å². The second kappa shape index (κ2) is 7.73. The number of carbonyl (C=O) groups excluding carboxylic acids is 1. The number of aliphatic carboxylic acids is 1. The fourth-order valence-electron chi connectivity index (χ4n) is 3.78. The van der Waals surface area contributed by atoms with Crippen molar-refractivity contribution in [2.75, 3.05) is 6.61 Å². The van der Waals surface area contributed by atoms with Crippen molar-refractivity contribution in [1.82, 2.24) is 0 Å². The molecule has 6 heteroatoms. The smallest absolute Gasteiger partial charge is 0.351 e. The van der Waals surface area contributed by atoms with Crippen molar-refractivity contribution in [3.05, 3.63) is 59.7 Å². The lowest BCUT2D eigenvalue weighted by molar-refractivity contribution is -0.183. The molecule has 0 aromatic heterocycles. The van der Waals surface area contributed by atoms with Crippen molar-refractivity contribution >= 4 is 11.9 Å². The van der Waals surface area contributed by atoms with E-state index in [1.807, 2.05) is 62.4 Å². The quantitative estimate of drug-likeness (QED) is 0.501. The van der Waals surface area contributed by atoms with Crippen LogP contribution in [0, 0.1) is 5.92 Å². The summed E-state index contributed by atoms with van der Waals surface area (Å²) in [5.41, 5.74) is 7.21. The highest BCUT2D eigenvalue weighted by atomic mass is 16.6. The zero-order valence-electron chi connectivity index (χ0n) is 16.0. The van der Waals surface area contributed by atoms with Crippen LogP contribution in [0.15, 0.2) is 48.5 Å². The van der Waals surface area contributed by atoms with Crippen LogP contribution in [0.25, 0.3) is 11.1 Å². The molecule has 28 heavy (non-hydrogen) atoms. The Morgan fingerprint density at radius 3 is 2.04 bits per heavy atom. The largest absolute Gasteiger partial charge is 0.479 e. The fourth-order valence-corrected chi connectivity index (χ4v) is 3.78. The van der Waals surface area contributed by atoms with E-state index < -0.39 is 23.6 Å². The molecule has 0 saturated carbocycles. The molecule has 0 fully saturated rings. The highest BCUT2D eigenvalue weighted by Crippen LogP contribution is 2.44. The molecule has 6 nitrogen and oxygen atoms in total. The van der Waals surface area contributed by atoms with Gasteiger partial charge in [-0.15, -0.1) is 0 Å². The Kier molecular flexibility index (Phi) is 5.54. The van der Waals surface area contributed by atoms with Crippen molar-refractivity contribution in [3.8, 4) is 11.1 Å². The summed E-state index contributed by atoms with van der Waals surface area (Å²) in [6.45, 7) is 3.59. The topological polar surface area (TPSA) is 110 Å². The molecule has 2 atom stereocenters. The highest BCUT2D eigenvalue weighted by Gasteiger charge is 2.51. The Morgan fingerprint density at radius 1 is 1.07 bits per heavy atom. The van der Waals surface area contributed by atoms with E-state index in [-0.39, 0.29) is 24.9 Å². The molecule has 0 amide bonds. The summed E-state index contributed by atoms with van der Waals surface area (Å²) in [6.07, 6.45) is 0.174. The molecule has 0 spiro atoms. The Bertz CT molecular complexity index is 849. The van der Waals surface area contributed by atoms with Crippen molar-refractivity contribution in [3.63, 3.8) is 0 Å². The van der Waals surface area contributed by atoms with Gasteiger partial charge in [0.1, 0.15) is 6.61 Å². The molecule has 4 N–H and O–H groups in total. The first kappa shape index (κ1) is 20.0. The van der Waals surface area contributed by atoms with Crippen LogP contribution in [-0.2, 0) is 14.3 Å². The molecular weight excluding hydrogens is 358 g/mol. The number of aliphatic hydroxyl groups is 1. The lowest BCUT2D eigenvalue weighted by Gasteiger charge is -2.29. The number of nitrogens with two attached hydrogens (primary N) is 1. The molecule has 0 saturated heterocycles. The first-order valence-corrected chi connectivity index (χ1v) is 9.33. The summed E-state index contributed by atoms with van der Waals surface area (Å²) in [5, 5.41) is 20.0. The lowest BCUT2D eigenvalue weighted by atomic mass is 9.88. The van der Waals surface area contributed by atoms with Crippen LogP contribution in [0.3, 0.4) is 0 Å². The summed E-state index contributed by atoms with van der Waals surface area (Å²) >= 11 is 0. The molecule has 1 aliphatic carbocycles. The van der Waals surface area contributed by atoms with E-state index >= 15 is 0 Å². The minimum Gasteiger partial charge on any atom is -0.479 e. The Balaban J connectivity index is 1.83. The summed E-state index contributed by atoms with van der Waals surface area (Å²) in [4.78, 5) is 24.2. The van der Waals surface area contributed by atoms with Crippen molar-refractivity contribution in [2.24, 2.45) is 11.7 Å². The van der Waals surface area contributed by atoms with Gasteiger partial charge in [0.05, 0.1) is 6.04 Å². The average molecular weight is 383 g/mol. The molecule has 1 aliphatic rings. The Hall–Kier alpha value is -2.70. The summed E-state index contributed by atoms with van der Waals surface area (Å²) in [7, 11) is 0. The zero-order valence-corrected chi connectivity index (χ0v) is 16.0. The van der Waals surface area contributed by atoms with E-state index in [1.54, 1.807) is 0 Å². The van der Waals surface area contributed by atoms with Gasteiger partial charge in [-0.25, -0.2) is 9.59 Å². The van der Waals surface area contributed by atoms with E-state index in [4.69, 9.17) is 10.5 Å². The average Bonchev–Trinajstić information content (AvgIpc) is 2.98. The van der Waals surface area contributed by atoms with Crippen molar-refractivity contribution < 1.29 is 24.5 Å². The Morgan fingerprint density at radius 2 is 1.57 bits per heavy atom. The predicted octanol–water partition coefficient (Wildman–Crippen LogP) is 2.53. The molecule has 148 valence electrons. The lowest BCUT2D eigenvalue weighted by Crippen LogP contribution is -2.60. The number of fused-ring (bicyclic) bond motifs is 3. The van der Waals surface area contributed by atoms with Gasteiger partial charge in [-0.1, -0.05) is 62.4 Å². The molecule has 0 bridgehead atoms. The van der Waals surface area contributed by atoms with Crippen molar-refractivity contribution in [2.45, 2.75) is 37.8 Å². The third-order valence-electron chi connectivity index (χ3n) is 5.24. The van der Waals surface area contributed by atoms with Crippen LogP contribution in [0.5, 0.6) is 0 Å². The third-order valence-corrected chi connectivity index (χ3v) is 5.24. The molecule has 2 aromatic carbocycles. The SMILES string of the molecule is CC(C)C[C@@H](N)[C@@](O)(C(=O)O)C(=O)OCC1c2ccccc2-c2ccccc21. The molecule has 0 radical (unpaired) electrons. The number of carbonyl (C=O) groups is 2. The van der Waals surface area contributed by atoms with Crippen LogP contribution in [0.4, 0.5) is 0 Å². The second-order valence-corrected chi connectivity index (χ2v) is 7.63. The van der Waals surface area contributed by atoms with E-state index in [0.29, 0.717) is 0 Å². The molecule has 0 unspecified atom stereocenters. The minimum absolute atomic E-state index is 0.0160. The molecule has 3 rings (SSSR count). The summed E-state index contributed by atoms with van der Waals surface area (Å²) in [5.74, 6) is -3.13. The number of carboxylic acid groups (broad SMARTS) is 1. The fraction of sp³-hybridized carbons (Fsp3) is 0.364. The molecule has 2 aromatic rings. The normalized spacial score (nSPS) is 16.2. The first-order chi connectivity index (χ1) is 13.3. The summed E-state index contributed by atoms with van der Waals surface area (Å²) in [6, 6.07) is 14.4. The van der Waals surface area contributed by atoms with Gasteiger partial charge in [-0.2, -0.15) is 0 Å². The number of esters is 1. The number of rotatable bonds is 7. The van der Waals surface area contributed by atoms with Crippen LogP contribution < -0.4 is 5.73 Å². The van der Waals surface area contributed by atoms with E-state index in [0.717, 1.165) is 22.3 Å². The maximum atomic E-state index is 12.6. The monoisotopic (exact) mass is 383 g/mol. The minimum atomic E-state index is -2.78. The van der Waals surface area contributed by atoms with Gasteiger partial charge < -0.3 is 20.7 Å². The van der Waals surface area contributed by atoms with Gasteiger partial charge in [0.15, 0.2) is 0 Å². The van der Waals surface area contributed by atoms with Gasteiger partial charge in [0, 0.05) is 5.92 Å². The van der Waals surface area contributed by atoms with E-state index in [2.05, 4.69) is 0 Å². The number of carboxylic acids is 1. The molecule has 0 heterocycles. The third kappa shape index (κ3) is 3.41. The van der Waals surface area contributed by atoms with E-state index in [9.17, 15) is 19.8 Å². The molecular formula is C22H25NO5. The maximum Gasteiger partial charge on any atom is 0.351 e. The van der Waals surface area contributed by atoms with Crippen LogP contribution in [0.1, 0.15) is 37.3 Å². The van der Waals surface area contributed by atoms with Gasteiger partial charge in [-0.3, -0.25) is 0 Å². The number of hydrogen-bond acceptors (Lipinski definition) is 5. The first-order valence-electron chi connectivity index (χ1n) is 9.33. The van der Waals surface area contributed by atoms with Crippen molar-refractivity contribution in [1.29, 1.82) is 0 Å². The number of ether oxygens (including phenoxy) is 1. The van der Waals surface area contributed by atoms with Gasteiger partial charge in [0.2, 0.25) is 0 Å². The Labute approximate surface area is 163 Å². The summed E-state index contributed by atoms with van der Waals surface area (Å²) < 4.78 is 5.32. The number of benzene rings is 2. The second-order valence-electron chi connectivity index (χ2n) is 7.63. The van der Waals surface area contributed by atoms with Crippen LogP contribution in [-0.4, -0.2) is 40.4 Å². The maximum absolute atomic E-state index is 12.6. The van der Waals surface area contributed by atoms with Gasteiger partial charge >= 0.3 is 11.9 Å². The number of hydrogen-bond donors (Lipinski definition) is 3. The highest BCUT2D eigenvalue weighted by molar-refractivity contribution is 6.03. The predicted molar refractivity (Wildman–Crippen MR) is 105 cm³/mol. The van der Waals surface area contributed by atoms with Crippen LogP contribution >= 0.6 is 0 Å². The van der Waals surface area contributed by atoms with E-state index in [1.165, 1.54) is 0 Å². The van der Waals surface area contributed by atoms with Gasteiger partial charge in [-0.05, 0) is 34.6 Å².